The number of allylic oxidation sites excluding steroid dienone is 2. The number of nitriles is 1. The van der Waals surface area contributed by atoms with Crippen molar-refractivity contribution >= 4 is 20.9 Å². The van der Waals surface area contributed by atoms with Gasteiger partial charge in [0, 0.05) is 35.8 Å². The normalized spacial score (nSPS) is 17.0. The van der Waals surface area contributed by atoms with Gasteiger partial charge in [0.05, 0.1) is 16.5 Å². The summed E-state index contributed by atoms with van der Waals surface area (Å²) in [6.07, 6.45) is 3.46. The lowest BCUT2D eigenvalue weighted by Gasteiger charge is -2.22. The molecular weight excluding hydrogens is 382 g/mol. The molecule has 0 saturated heterocycles. The van der Waals surface area contributed by atoms with Crippen LogP contribution < -0.4 is 0 Å². The van der Waals surface area contributed by atoms with Gasteiger partial charge < -0.3 is 4.98 Å². The van der Waals surface area contributed by atoms with Crippen LogP contribution in [0.25, 0.3) is 10.9 Å². The molecule has 5 nitrogen and oxygen atoms in total. The largest absolute Gasteiger partial charge is 0.361 e. The molecule has 0 unspecified atom stereocenters. The number of fused-ring (bicyclic) bond motifs is 1. The lowest BCUT2D eigenvalue weighted by molar-refractivity contribution is 0.515. The van der Waals surface area contributed by atoms with Crippen LogP contribution in [0.4, 0.5) is 0 Å². The second-order valence-corrected chi connectivity index (χ2v) is 9.56. The van der Waals surface area contributed by atoms with Crippen LogP contribution in [0.2, 0.25) is 0 Å². The zero-order chi connectivity index (χ0) is 20.8. The van der Waals surface area contributed by atoms with Crippen LogP contribution in [0.1, 0.15) is 42.4 Å². The van der Waals surface area contributed by atoms with Crippen molar-refractivity contribution in [2.75, 3.05) is 7.05 Å². The van der Waals surface area contributed by atoms with Crippen molar-refractivity contribution in [1.82, 2.24) is 9.29 Å². The Morgan fingerprint density at radius 2 is 1.86 bits per heavy atom. The first-order chi connectivity index (χ1) is 13.8. The smallest absolute Gasteiger partial charge is 0.263 e. The van der Waals surface area contributed by atoms with E-state index in [1.54, 1.807) is 19.2 Å². The summed E-state index contributed by atoms with van der Waals surface area (Å²) in [5.74, 6) is 0.0870. The lowest BCUT2D eigenvalue weighted by atomic mass is 9.91. The Hall–Kier alpha value is -3.04. The molecule has 3 aromatic rings. The summed E-state index contributed by atoms with van der Waals surface area (Å²) in [5, 5.41) is 10.5. The number of hydrogen-bond donors (Lipinski definition) is 1. The van der Waals surface area contributed by atoms with Gasteiger partial charge in [-0.25, -0.2) is 8.42 Å². The molecule has 1 aliphatic rings. The summed E-state index contributed by atoms with van der Waals surface area (Å²) in [4.78, 5) is 3.56. The molecule has 4 rings (SSSR count). The average molecular weight is 406 g/mol. The van der Waals surface area contributed by atoms with Gasteiger partial charge in [-0.1, -0.05) is 23.8 Å². The standard InChI is InChI=1S/C23H23N3O2S/c1-15-7-9-18(10-8-15)29(27,28)26(3)22-12-11-19(16(22)2)20-14-25-21-6-4-5-17(13-24)23(20)21/h4-10,14,19,25H,11-12H2,1-3H3/t19-/m1/s1. The van der Waals surface area contributed by atoms with E-state index >= 15 is 0 Å². The maximum absolute atomic E-state index is 13.1. The van der Waals surface area contributed by atoms with Gasteiger partial charge in [-0.15, -0.1) is 0 Å². The zero-order valence-electron chi connectivity index (χ0n) is 16.7. The minimum atomic E-state index is -3.60. The Morgan fingerprint density at radius 3 is 2.55 bits per heavy atom. The number of rotatable bonds is 4. The minimum Gasteiger partial charge on any atom is -0.361 e. The molecule has 0 spiro atoms. The van der Waals surface area contributed by atoms with Gasteiger partial charge in [-0.3, -0.25) is 4.31 Å². The number of aryl methyl sites for hydroxylation is 1. The molecule has 0 saturated carbocycles. The highest BCUT2D eigenvalue weighted by atomic mass is 32.2. The molecule has 1 aliphatic carbocycles. The fraction of sp³-hybridized carbons (Fsp3) is 0.261. The molecule has 29 heavy (non-hydrogen) atoms. The van der Waals surface area contributed by atoms with E-state index in [0.717, 1.165) is 39.7 Å². The lowest BCUT2D eigenvalue weighted by Crippen LogP contribution is -2.26. The first-order valence-corrected chi connectivity index (χ1v) is 11.0. The summed E-state index contributed by atoms with van der Waals surface area (Å²) in [5.41, 5.74) is 5.53. The average Bonchev–Trinajstić information content (AvgIpc) is 3.30. The van der Waals surface area contributed by atoms with Crippen molar-refractivity contribution in [1.29, 1.82) is 5.26 Å². The van der Waals surface area contributed by atoms with Crippen molar-refractivity contribution in [2.24, 2.45) is 0 Å². The number of H-pyrrole nitrogens is 1. The van der Waals surface area contributed by atoms with Crippen molar-refractivity contribution in [3.8, 4) is 6.07 Å². The second kappa shape index (κ2) is 7.09. The van der Waals surface area contributed by atoms with Gasteiger partial charge in [0.15, 0.2) is 0 Å². The number of nitrogens with one attached hydrogen (secondary N) is 1. The third-order valence-electron chi connectivity index (χ3n) is 5.94. The van der Waals surface area contributed by atoms with Crippen LogP contribution in [0.5, 0.6) is 0 Å². The van der Waals surface area contributed by atoms with Crippen LogP contribution in [-0.2, 0) is 10.0 Å². The third kappa shape index (κ3) is 3.12. The van der Waals surface area contributed by atoms with Gasteiger partial charge in [0.2, 0.25) is 0 Å². The van der Waals surface area contributed by atoms with E-state index in [2.05, 4.69) is 11.1 Å². The van der Waals surface area contributed by atoms with E-state index in [-0.39, 0.29) is 5.92 Å². The maximum atomic E-state index is 13.1. The van der Waals surface area contributed by atoms with Gasteiger partial charge in [-0.05, 0) is 62.1 Å². The number of aromatic nitrogens is 1. The van der Waals surface area contributed by atoms with Crippen molar-refractivity contribution in [2.45, 2.75) is 37.5 Å². The Kier molecular flexibility index (Phi) is 4.71. The number of hydrogen-bond acceptors (Lipinski definition) is 3. The first-order valence-electron chi connectivity index (χ1n) is 9.60. The molecule has 1 N–H and O–H groups in total. The van der Waals surface area contributed by atoms with Crippen LogP contribution >= 0.6 is 0 Å². The fourth-order valence-corrected chi connectivity index (χ4v) is 5.60. The SMILES string of the molecule is CC1=C(N(C)S(=O)(=O)c2ccc(C)cc2)CC[C@H]1c1c[nH]c2cccc(C#N)c12. The summed E-state index contributed by atoms with van der Waals surface area (Å²) >= 11 is 0. The summed E-state index contributed by atoms with van der Waals surface area (Å²) < 4.78 is 27.7. The molecule has 6 heteroatoms. The molecule has 2 aromatic carbocycles. The molecule has 0 bridgehead atoms. The number of nitrogens with zero attached hydrogens (tertiary/aromatic N) is 2. The van der Waals surface area contributed by atoms with Crippen LogP contribution in [0.15, 0.2) is 64.8 Å². The Bertz CT molecular complexity index is 1260. The molecule has 0 radical (unpaired) electrons. The first kappa shape index (κ1) is 19.3. The van der Waals surface area contributed by atoms with Gasteiger partial charge in [-0.2, -0.15) is 5.26 Å². The van der Waals surface area contributed by atoms with Gasteiger partial charge >= 0.3 is 0 Å². The van der Waals surface area contributed by atoms with Crippen LogP contribution in [-0.4, -0.2) is 24.8 Å². The highest BCUT2D eigenvalue weighted by molar-refractivity contribution is 7.89. The molecule has 148 valence electrons. The fourth-order valence-electron chi connectivity index (χ4n) is 4.28. The zero-order valence-corrected chi connectivity index (χ0v) is 17.5. The molecule has 0 amide bonds. The Balaban J connectivity index is 1.74. The van der Waals surface area contributed by atoms with E-state index in [9.17, 15) is 13.7 Å². The van der Waals surface area contributed by atoms with E-state index in [4.69, 9.17) is 0 Å². The molecule has 1 atom stereocenters. The quantitative estimate of drug-likeness (QED) is 0.676. The van der Waals surface area contributed by atoms with E-state index in [1.165, 1.54) is 4.31 Å². The molecular formula is C23H23N3O2S. The van der Waals surface area contributed by atoms with Crippen LogP contribution in [0, 0.1) is 18.3 Å². The van der Waals surface area contributed by atoms with Crippen molar-refractivity contribution < 1.29 is 8.42 Å². The predicted octanol–water partition coefficient (Wildman–Crippen LogP) is 4.82. The van der Waals surface area contributed by atoms with Crippen molar-refractivity contribution in [3.05, 3.63) is 76.6 Å². The second-order valence-electron chi connectivity index (χ2n) is 7.59. The highest BCUT2D eigenvalue weighted by Crippen LogP contribution is 2.44. The number of sulfonamides is 1. The van der Waals surface area contributed by atoms with Crippen LogP contribution in [0.3, 0.4) is 0 Å². The Labute approximate surface area is 171 Å². The summed E-state index contributed by atoms with van der Waals surface area (Å²) in [7, 11) is -1.97. The molecule has 0 aliphatic heterocycles. The summed E-state index contributed by atoms with van der Waals surface area (Å²) in [6, 6.07) is 14.9. The maximum Gasteiger partial charge on any atom is 0.263 e. The minimum absolute atomic E-state index is 0.0870. The van der Waals surface area contributed by atoms with E-state index in [1.807, 2.05) is 50.4 Å². The molecule has 1 heterocycles. The highest BCUT2D eigenvalue weighted by Gasteiger charge is 2.32. The topological polar surface area (TPSA) is 77.0 Å². The van der Waals surface area contributed by atoms with E-state index in [0.29, 0.717) is 16.9 Å². The number of benzene rings is 2. The molecule has 1 aromatic heterocycles. The predicted molar refractivity (Wildman–Crippen MR) is 114 cm³/mol. The number of aromatic amines is 1. The summed E-state index contributed by atoms with van der Waals surface area (Å²) in [6.45, 7) is 3.94. The van der Waals surface area contributed by atoms with Gasteiger partial charge in [0.1, 0.15) is 0 Å². The Morgan fingerprint density at radius 1 is 1.14 bits per heavy atom. The van der Waals surface area contributed by atoms with Gasteiger partial charge in [0.25, 0.3) is 10.0 Å². The third-order valence-corrected chi connectivity index (χ3v) is 7.75. The van der Waals surface area contributed by atoms with Crippen molar-refractivity contribution in [3.63, 3.8) is 0 Å². The monoisotopic (exact) mass is 405 g/mol. The van der Waals surface area contributed by atoms with E-state index < -0.39 is 10.0 Å². The molecule has 0 fully saturated rings.